The minimum atomic E-state index is -0.314. The molecule has 1 fully saturated rings. The summed E-state index contributed by atoms with van der Waals surface area (Å²) in [5, 5.41) is 18.9. The predicted octanol–water partition coefficient (Wildman–Crippen LogP) is 6.76. The largest absolute Gasteiger partial charge is 0.484 e. The minimum Gasteiger partial charge on any atom is -0.484 e. The summed E-state index contributed by atoms with van der Waals surface area (Å²) in [5.41, 5.74) is 2.76. The molecule has 0 radical (unpaired) electrons. The van der Waals surface area contributed by atoms with Crippen molar-refractivity contribution < 1.29 is 14.1 Å². The normalized spacial score (nSPS) is 20.8. The Morgan fingerprint density at radius 1 is 1.07 bits per heavy atom. The van der Waals surface area contributed by atoms with Gasteiger partial charge < -0.3 is 14.6 Å². The highest BCUT2D eigenvalue weighted by Gasteiger charge is 2.32. The maximum atomic E-state index is 12.9. The van der Waals surface area contributed by atoms with Crippen LogP contribution in [0.3, 0.4) is 0 Å². The van der Waals surface area contributed by atoms with Crippen LogP contribution in [0.25, 0.3) is 5.65 Å². The number of rotatable bonds is 6. The molecule has 4 heterocycles. The average molecular weight is 594 g/mol. The van der Waals surface area contributed by atoms with E-state index in [0.29, 0.717) is 17.6 Å². The van der Waals surface area contributed by atoms with Crippen molar-refractivity contribution in [3.63, 3.8) is 0 Å². The van der Waals surface area contributed by atoms with Crippen LogP contribution in [0.15, 0.2) is 53.2 Å². The molecule has 0 spiro atoms. The van der Waals surface area contributed by atoms with Crippen LogP contribution in [0.5, 0.6) is 5.75 Å². The lowest BCUT2D eigenvalue weighted by atomic mass is 9.85. The highest BCUT2D eigenvalue weighted by Crippen LogP contribution is 2.39. The van der Waals surface area contributed by atoms with Gasteiger partial charge in [-0.25, -0.2) is 4.79 Å². The molecule has 11 heteroatoms. The fourth-order valence-electron chi connectivity index (χ4n) is 6.06. The molecule has 3 aromatic heterocycles. The van der Waals surface area contributed by atoms with Gasteiger partial charge in [0.2, 0.25) is 0 Å². The van der Waals surface area contributed by atoms with Crippen LogP contribution in [-0.2, 0) is 5.41 Å². The minimum absolute atomic E-state index is 0. The topological polar surface area (TPSA) is 110 Å². The SMILES string of the molecule is CC(C)N1CCC[C@H]1c1nnc2ccc(O[C@@H]3CC[C@H](NC(=O)Nc4cc(C(C)(C)C)on4)c4ccccc43)cn12.Cl. The van der Waals surface area contributed by atoms with E-state index in [4.69, 9.17) is 9.26 Å². The van der Waals surface area contributed by atoms with Gasteiger partial charge in [0.15, 0.2) is 17.3 Å². The number of amides is 2. The molecule has 10 nitrogen and oxygen atoms in total. The van der Waals surface area contributed by atoms with Crippen molar-refractivity contribution in [3.8, 4) is 5.75 Å². The molecule has 1 saturated heterocycles. The van der Waals surface area contributed by atoms with Crippen molar-refractivity contribution in [2.45, 2.75) is 89.9 Å². The summed E-state index contributed by atoms with van der Waals surface area (Å²) in [6.45, 7) is 11.7. The zero-order valence-corrected chi connectivity index (χ0v) is 25.6. The molecule has 42 heavy (non-hydrogen) atoms. The second-order valence-electron chi connectivity index (χ2n) is 12.4. The smallest absolute Gasteiger partial charge is 0.320 e. The van der Waals surface area contributed by atoms with Gasteiger partial charge in [0.25, 0.3) is 0 Å². The molecule has 1 aromatic carbocycles. The van der Waals surface area contributed by atoms with E-state index in [1.54, 1.807) is 6.07 Å². The van der Waals surface area contributed by atoms with Crippen molar-refractivity contribution in [2.24, 2.45) is 0 Å². The first-order chi connectivity index (χ1) is 19.7. The van der Waals surface area contributed by atoms with E-state index in [1.807, 2.05) is 51.2 Å². The third-order valence-electron chi connectivity index (χ3n) is 8.17. The molecule has 6 rings (SSSR count). The van der Waals surface area contributed by atoms with Crippen molar-refractivity contribution >= 4 is 29.9 Å². The summed E-state index contributed by atoms with van der Waals surface area (Å²) in [4.78, 5) is 15.4. The van der Waals surface area contributed by atoms with Gasteiger partial charge in [-0.05, 0) is 69.3 Å². The van der Waals surface area contributed by atoms with Crippen LogP contribution < -0.4 is 15.4 Å². The Bertz CT molecular complexity index is 1540. The first kappa shape index (κ1) is 29.8. The lowest BCUT2D eigenvalue weighted by Crippen LogP contribution is -2.35. The zero-order valence-electron chi connectivity index (χ0n) is 24.8. The second-order valence-corrected chi connectivity index (χ2v) is 12.4. The number of ether oxygens (including phenoxy) is 1. The lowest BCUT2D eigenvalue weighted by Gasteiger charge is -2.32. The van der Waals surface area contributed by atoms with E-state index in [2.05, 4.69) is 61.3 Å². The number of anilines is 1. The van der Waals surface area contributed by atoms with E-state index in [0.717, 1.165) is 60.6 Å². The third-order valence-corrected chi connectivity index (χ3v) is 8.17. The molecule has 4 aromatic rings. The van der Waals surface area contributed by atoms with Gasteiger partial charge in [-0.15, -0.1) is 22.6 Å². The Labute approximate surface area is 252 Å². The fraction of sp³-hybridized carbons (Fsp3) is 0.484. The average Bonchev–Trinajstić information content (AvgIpc) is 3.69. The highest BCUT2D eigenvalue weighted by atomic mass is 35.5. The number of likely N-dealkylation sites (tertiary alicyclic amines) is 1. The standard InChI is InChI=1S/C31H39N7O3.ClH/c1-19(2)37-16-8-11-24(37)29-35-34-28-15-12-20(18-38(28)29)40-25-14-13-23(21-9-6-7-10-22(21)25)32-30(39)33-27-17-26(41-36-27)31(3,4)5;/h6-7,9-10,12,15,17-19,23-25H,8,11,13-14,16H2,1-5H3,(H2,32,33,36,39);1H/t23-,24-,25+;/m0./s1. The van der Waals surface area contributed by atoms with E-state index < -0.39 is 0 Å². The number of benzene rings is 1. The Morgan fingerprint density at radius 2 is 1.86 bits per heavy atom. The maximum absolute atomic E-state index is 12.9. The molecule has 0 bridgehead atoms. The van der Waals surface area contributed by atoms with E-state index in [-0.39, 0.29) is 42.0 Å². The number of nitrogens with one attached hydrogen (secondary N) is 2. The molecule has 224 valence electrons. The Balaban J connectivity index is 0.00000353. The summed E-state index contributed by atoms with van der Waals surface area (Å²) < 4.78 is 14.1. The van der Waals surface area contributed by atoms with E-state index >= 15 is 0 Å². The molecule has 3 atom stereocenters. The lowest BCUT2D eigenvalue weighted by molar-refractivity contribution is 0.171. The molecular weight excluding hydrogens is 554 g/mol. The first-order valence-corrected chi connectivity index (χ1v) is 14.6. The van der Waals surface area contributed by atoms with Gasteiger partial charge in [0, 0.05) is 17.5 Å². The van der Waals surface area contributed by atoms with Crippen LogP contribution in [0.1, 0.15) is 101 Å². The van der Waals surface area contributed by atoms with Gasteiger partial charge in [-0.2, -0.15) is 0 Å². The van der Waals surface area contributed by atoms with Crippen LogP contribution in [0, 0.1) is 0 Å². The molecule has 1 aliphatic heterocycles. The number of halogens is 1. The molecule has 2 N–H and O–H groups in total. The highest BCUT2D eigenvalue weighted by molar-refractivity contribution is 5.88. The van der Waals surface area contributed by atoms with E-state index in [9.17, 15) is 4.79 Å². The molecule has 0 saturated carbocycles. The molecular formula is C31H40ClN7O3. The van der Waals surface area contributed by atoms with Crippen LogP contribution in [0.2, 0.25) is 0 Å². The quantitative estimate of drug-likeness (QED) is 0.254. The van der Waals surface area contributed by atoms with Crippen LogP contribution >= 0.6 is 12.4 Å². The van der Waals surface area contributed by atoms with Gasteiger partial charge in [-0.3, -0.25) is 14.6 Å². The Kier molecular flexibility index (Phi) is 8.48. The zero-order chi connectivity index (χ0) is 28.7. The summed E-state index contributed by atoms with van der Waals surface area (Å²) in [7, 11) is 0. The summed E-state index contributed by atoms with van der Waals surface area (Å²) in [5.74, 6) is 2.86. The number of hydrogen-bond acceptors (Lipinski definition) is 7. The summed E-state index contributed by atoms with van der Waals surface area (Å²) >= 11 is 0. The summed E-state index contributed by atoms with van der Waals surface area (Å²) in [6, 6.07) is 14.1. The molecule has 2 aliphatic rings. The molecule has 1 aliphatic carbocycles. The van der Waals surface area contributed by atoms with Crippen molar-refractivity contribution in [3.05, 3.63) is 71.4 Å². The Hall–Kier alpha value is -3.63. The number of nitrogens with zero attached hydrogens (tertiary/aromatic N) is 5. The second kappa shape index (κ2) is 11.9. The van der Waals surface area contributed by atoms with Crippen molar-refractivity contribution in [1.29, 1.82) is 0 Å². The fourth-order valence-corrected chi connectivity index (χ4v) is 6.06. The number of urea groups is 1. The number of carbonyl (C=O) groups excluding carboxylic acids is 1. The van der Waals surface area contributed by atoms with Crippen LogP contribution in [0.4, 0.5) is 10.6 Å². The predicted molar refractivity (Wildman–Crippen MR) is 163 cm³/mol. The van der Waals surface area contributed by atoms with Gasteiger partial charge in [-0.1, -0.05) is 50.2 Å². The number of aromatic nitrogens is 4. The molecule has 0 unspecified atom stereocenters. The maximum Gasteiger partial charge on any atom is 0.320 e. The summed E-state index contributed by atoms with van der Waals surface area (Å²) in [6.07, 6.45) is 5.63. The van der Waals surface area contributed by atoms with Gasteiger partial charge >= 0.3 is 6.03 Å². The van der Waals surface area contributed by atoms with Gasteiger partial charge in [0.05, 0.1) is 18.3 Å². The van der Waals surface area contributed by atoms with Crippen molar-refractivity contribution in [2.75, 3.05) is 11.9 Å². The Morgan fingerprint density at radius 3 is 2.60 bits per heavy atom. The van der Waals surface area contributed by atoms with Gasteiger partial charge in [0.1, 0.15) is 17.6 Å². The third kappa shape index (κ3) is 5.96. The number of carbonyl (C=O) groups is 1. The number of hydrogen-bond donors (Lipinski definition) is 2. The first-order valence-electron chi connectivity index (χ1n) is 14.6. The van der Waals surface area contributed by atoms with Crippen molar-refractivity contribution in [1.82, 2.24) is 30.0 Å². The number of fused-ring (bicyclic) bond motifs is 2. The van der Waals surface area contributed by atoms with Crippen LogP contribution in [-0.4, -0.2) is 43.3 Å². The monoisotopic (exact) mass is 593 g/mol. The van der Waals surface area contributed by atoms with E-state index in [1.165, 1.54) is 0 Å². The molecule has 2 amide bonds. The number of pyridine rings is 1.